The molecule has 5 nitrogen and oxygen atoms in total. The zero-order valence-electron chi connectivity index (χ0n) is 13.8. The molecule has 5 heteroatoms. The van der Waals surface area contributed by atoms with E-state index in [4.69, 9.17) is 9.47 Å². The summed E-state index contributed by atoms with van der Waals surface area (Å²) >= 11 is 0. The predicted octanol–water partition coefficient (Wildman–Crippen LogP) is 3.38. The van der Waals surface area contributed by atoms with Gasteiger partial charge in [-0.3, -0.25) is 4.79 Å². The molecule has 0 aliphatic carbocycles. The van der Waals surface area contributed by atoms with Gasteiger partial charge in [-0.1, -0.05) is 42.5 Å². The minimum atomic E-state index is -0.327. The monoisotopic (exact) mass is 334 g/mol. The third kappa shape index (κ3) is 4.57. The average molecular weight is 334 g/mol. The summed E-state index contributed by atoms with van der Waals surface area (Å²) in [6.07, 6.45) is 1.55. The third-order valence-corrected chi connectivity index (χ3v) is 3.59. The van der Waals surface area contributed by atoms with Crippen molar-refractivity contribution in [3.8, 4) is 11.5 Å². The molecule has 0 saturated heterocycles. The van der Waals surface area contributed by atoms with Crippen LogP contribution in [0.1, 0.15) is 5.56 Å². The van der Waals surface area contributed by atoms with Gasteiger partial charge in [0.15, 0.2) is 6.61 Å². The normalized spacial score (nSPS) is 10.8. The van der Waals surface area contributed by atoms with E-state index in [0.29, 0.717) is 5.75 Å². The average Bonchev–Trinajstić information content (AvgIpc) is 2.66. The Kier molecular flexibility index (Phi) is 5.26. The number of rotatable bonds is 6. The topological polar surface area (TPSA) is 59.9 Å². The number of benzene rings is 3. The van der Waals surface area contributed by atoms with Crippen molar-refractivity contribution in [2.45, 2.75) is 0 Å². The molecule has 0 heterocycles. The van der Waals surface area contributed by atoms with Gasteiger partial charge in [-0.05, 0) is 40.6 Å². The zero-order chi connectivity index (χ0) is 17.5. The summed E-state index contributed by atoms with van der Waals surface area (Å²) < 4.78 is 10.6. The number of ether oxygens (including phenoxy) is 2. The van der Waals surface area contributed by atoms with Gasteiger partial charge in [0.1, 0.15) is 11.5 Å². The lowest BCUT2D eigenvalue weighted by molar-refractivity contribution is -0.123. The molecule has 0 unspecified atom stereocenters. The fourth-order valence-corrected chi connectivity index (χ4v) is 2.34. The molecule has 0 aromatic heterocycles. The molecule has 3 rings (SSSR count). The van der Waals surface area contributed by atoms with E-state index >= 15 is 0 Å². The first-order valence-electron chi connectivity index (χ1n) is 7.82. The molecule has 0 aliphatic heterocycles. The Morgan fingerprint density at radius 3 is 2.68 bits per heavy atom. The highest BCUT2D eigenvalue weighted by Crippen LogP contribution is 2.20. The first-order valence-corrected chi connectivity index (χ1v) is 7.82. The van der Waals surface area contributed by atoms with E-state index in [0.717, 1.165) is 22.1 Å². The lowest BCUT2D eigenvalue weighted by Crippen LogP contribution is -2.24. The molecule has 3 aromatic rings. The van der Waals surface area contributed by atoms with Crippen LogP contribution in [0, 0.1) is 0 Å². The van der Waals surface area contributed by atoms with Crippen molar-refractivity contribution in [1.82, 2.24) is 5.43 Å². The van der Waals surface area contributed by atoms with Crippen molar-refractivity contribution in [3.05, 3.63) is 72.3 Å². The SMILES string of the molecule is COc1cccc(/C=N\NC(=O)COc2ccc3ccccc3c2)c1. The third-order valence-electron chi connectivity index (χ3n) is 3.59. The number of carbonyl (C=O) groups is 1. The first-order chi connectivity index (χ1) is 12.2. The molecule has 0 saturated carbocycles. The Morgan fingerprint density at radius 2 is 1.84 bits per heavy atom. The molecule has 3 aromatic carbocycles. The quantitative estimate of drug-likeness (QED) is 0.555. The Hall–Kier alpha value is -3.34. The molecule has 126 valence electrons. The fraction of sp³-hybridized carbons (Fsp3) is 0.100. The van der Waals surface area contributed by atoms with Crippen molar-refractivity contribution >= 4 is 22.9 Å². The van der Waals surface area contributed by atoms with E-state index in [1.807, 2.05) is 66.7 Å². The Morgan fingerprint density at radius 1 is 1.00 bits per heavy atom. The Bertz CT molecular complexity index is 906. The number of hydrazone groups is 1. The number of hydrogen-bond donors (Lipinski definition) is 1. The Labute approximate surface area is 145 Å². The summed E-state index contributed by atoms with van der Waals surface area (Å²) in [5.74, 6) is 1.05. The lowest BCUT2D eigenvalue weighted by Gasteiger charge is -2.06. The second-order valence-corrected chi connectivity index (χ2v) is 5.37. The minimum absolute atomic E-state index is 0.103. The van der Waals surface area contributed by atoms with Crippen molar-refractivity contribution in [2.75, 3.05) is 13.7 Å². The molecule has 0 spiro atoms. The number of carbonyl (C=O) groups excluding carboxylic acids is 1. The van der Waals surface area contributed by atoms with E-state index in [2.05, 4.69) is 10.5 Å². The van der Waals surface area contributed by atoms with Gasteiger partial charge in [-0.15, -0.1) is 0 Å². The summed E-state index contributed by atoms with van der Waals surface area (Å²) in [5, 5.41) is 6.11. The smallest absolute Gasteiger partial charge is 0.277 e. The van der Waals surface area contributed by atoms with Crippen LogP contribution in [0.5, 0.6) is 11.5 Å². The van der Waals surface area contributed by atoms with Crippen LogP contribution in [-0.2, 0) is 4.79 Å². The Balaban J connectivity index is 1.52. The molecule has 0 radical (unpaired) electrons. The summed E-state index contributed by atoms with van der Waals surface area (Å²) in [7, 11) is 1.60. The maximum Gasteiger partial charge on any atom is 0.277 e. The second-order valence-electron chi connectivity index (χ2n) is 5.37. The summed E-state index contributed by atoms with van der Waals surface area (Å²) in [6, 6.07) is 21.1. The van der Waals surface area contributed by atoms with Gasteiger partial charge in [0, 0.05) is 0 Å². The van der Waals surface area contributed by atoms with Crippen LogP contribution in [-0.4, -0.2) is 25.8 Å². The van der Waals surface area contributed by atoms with Crippen molar-refractivity contribution < 1.29 is 14.3 Å². The molecular formula is C20H18N2O3. The number of hydrogen-bond acceptors (Lipinski definition) is 4. The molecule has 25 heavy (non-hydrogen) atoms. The maximum atomic E-state index is 11.8. The molecule has 0 bridgehead atoms. The maximum absolute atomic E-state index is 11.8. The van der Waals surface area contributed by atoms with Crippen LogP contribution < -0.4 is 14.9 Å². The van der Waals surface area contributed by atoms with Crippen LogP contribution >= 0.6 is 0 Å². The highest BCUT2D eigenvalue weighted by molar-refractivity contribution is 5.85. The van der Waals surface area contributed by atoms with Gasteiger partial charge in [0.2, 0.25) is 0 Å². The minimum Gasteiger partial charge on any atom is -0.497 e. The molecule has 1 N–H and O–H groups in total. The van der Waals surface area contributed by atoms with E-state index in [1.165, 1.54) is 0 Å². The van der Waals surface area contributed by atoms with Crippen molar-refractivity contribution in [3.63, 3.8) is 0 Å². The zero-order valence-corrected chi connectivity index (χ0v) is 13.8. The highest BCUT2D eigenvalue weighted by Gasteiger charge is 2.02. The van der Waals surface area contributed by atoms with Gasteiger partial charge in [-0.25, -0.2) is 5.43 Å². The molecule has 0 aliphatic rings. The van der Waals surface area contributed by atoms with Gasteiger partial charge >= 0.3 is 0 Å². The number of nitrogens with one attached hydrogen (secondary N) is 1. The van der Waals surface area contributed by atoms with Gasteiger partial charge in [0.25, 0.3) is 5.91 Å². The predicted molar refractivity (Wildman–Crippen MR) is 98.2 cm³/mol. The van der Waals surface area contributed by atoms with Crippen molar-refractivity contribution in [2.24, 2.45) is 5.10 Å². The van der Waals surface area contributed by atoms with E-state index in [-0.39, 0.29) is 12.5 Å². The molecule has 1 amide bonds. The first kappa shape index (κ1) is 16.5. The van der Waals surface area contributed by atoms with Gasteiger partial charge in [0.05, 0.1) is 13.3 Å². The number of methoxy groups -OCH3 is 1. The van der Waals surface area contributed by atoms with E-state index in [1.54, 1.807) is 13.3 Å². The van der Waals surface area contributed by atoms with Crippen LogP contribution in [0.3, 0.4) is 0 Å². The highest BCUT2D eigenvalue weighted by atomic mass is 16.5. The molecule has 0 fully saturated rings. The lowest BCUT2D eigenvalue weighted by atomic mass is 10.1. The molecule has 0 atom stereocenters. The standard InChI is InChI=1S/C20H18N2O3/c1-24-18-8-4-5-15(11-18)13-21-22-20(23)14-25-19-10-9-16-6-2-3-7-17(16)12-19/h2-13H,14H2,1H3,(H,22,23)/b21-13-. The summed E-state index contributed by atoms with van der Waals surface area (Å²) in [6.45, 7) is -0.103. The second kappa shape index (κ2) is 7.97. The summed E-state index contributed by atoms with van der Waals surface area (Å²) in [5.41, 5.74) is 3.27. The number of amides is 1. The van der Waals surface area contributed by atoms with E-state index in [9.17, 15) is 4.79 Å². The summed E-state index contributed by atoms with van der Waals surface area (Å²) in [4.78, 5) is 11.8. The van der Waals surface area contributed by atoms with Gasteiger partial charge in [-0.2, -0.15) is 5.10 Å². The number of fused-ring (bicyclic) bond motifs is 1. The van der Waals surface area contributed by atoms with Crippen LogP contribution in [0.25, 0.3) is 10.8 Å². The van der Waals surface area contributed by atoms with Crippen LogP contribution in [0.4, 0.5) is 0 Å². The number of nitrogens with zero attached hydrogens (tertiary/aromatic N) is 1. The van der Waals surface area contributed by atoms with Gasteiger partial charge < -0.3 is 9.47 Å². The fourth-order valence-electron chi connectivity index (χ4n) is 2.34. The largest absolute Gasteiger partial charge is 0.497 e. The van der Waals surface area contributed by atoms with Crippen LogP contribution in [0.15, 0.2) is 71.8 Å². The van der Waals surface area contributed by atoms with Crippen molar-refractivity contribution in [1.29, 1.82) is 0 Å². The molecular weight excluding hydrogens is 316 g/mol. The van der Waals surface area contributed by atoms with Crippen LogP contribution in [0.2, 0.25) is 0 Å². The van der Waals surface area contributed by atoms with E-state index < -0.39 is 0 Å².